The molecule has 2 rings (SSSR count). The van der Waals surface area contributed by atoms with Crippen LogP contribution in [0.25, 0.3) is 0 Å². The highest BCUT2D eigenvalue weighted by Gasteiger charge is 2.11. The molecule has 0 aromatic heterocycles. The zero-order valence-corrected chi connectivity index (χ0v) is 13.0. The van der Waals surface area contributed by atoms with Gasteiger partial charge in [-0.25, -0.2) is 8.42 Å². The largest absolute Gasteiger partial charge is 0.497 e. The van der Waals surface area contributed by atoms with Gasteiger partial charge >= 0.3 is 0 Å². The van der Waals surface area contributed by atoms with E-state index in [1.54, 1.807) is 25.3 Å². The Morgan fingerprint density at radius 3 is 2.57 bits per heavy atom. The van der Waals surface area contributed by atoms with Crippen molar-refractivity contribution >= 4 is 15.5 Å². The smallest absolute Gasteiger partial charge is 0.177 e. The maximum atomic E-state index is 11.7. The molecule has 0 bridgehead atoms. The van der Waals surface area contributed by atoms with Gasteiger partial charge in [-0.3, -0.25) is 0 Å². The molecule has 0 aliphatic carbocycles. The summed E-state index contributed by atoms with van der Waals surface area (Å²) in [5.74, 6) is 0.823. The first-order valence-electron chi connectivity index (χ1n) is 6.66. The molecular formula is C16H19NO3S. The van der Waals surface area contributed by atoms with Gasteiger partial charge in [0.2, 0.25) is 0 Å². The van der Waals surface area contributed by atoms with Crippen molar-refractivity contribution in [3.05, 3.63) is 54.1 Å². The number of benzene rings is 2. The van der Waals surface area contributed by atoms with Gasteiger partial charge in [0, 0.05) is 12.8 Å². The molecule has 0 fully saturated rings. The summed E-state index contributed by atoms with van der Waals surface area (Å²) in [4.78, 5) is 0.329. The summed E-state index contributed by atoms with van der Waals surface area (Å²) in [7, 11) is -1.58. The van der Waals surface area contributed by atoms with E-state index in [9.17, 15) is 8.42 Å². The lowest BCUT2D eigenvalue weighted by atomic mass is 10.1. The van der Waals surface area contributed by atoms with E-state index in [-0.39, 0.29) is 0 Å². The van der Waals surface area contributed by atoms with E-state index in [4.69, 9.17) is 4.74 Å². The highest BCUT2D eigenvalue weighted by molar-refractivity contribution is 7.90. The molecule has 1 N–H and O–H groups in total. The maximum absolute atomic E-state index is 11.7. The molecule has 0 heterocycles. The highest BCUT2D eigenvalue weighted by atomic mass is 32.2. The number of methoxy groups -OCH3 is 1. The van der Waals surface area contributed by atoms with Crippen LogP contribution in [0.3, 0.4) is 0 Å². The molecule has 4 nitrogen and oxygen atoms in total. The van der Waals surface area contributed by atoms with Crippen LogP contribution in [0, 0.1) is 0 Å². The summed E-state index contributed by atoms with van der Waals surface area (Å²) >= 11 is 0. The van der Waals surface area contributed by atoms with Gasteiger partial charge in [-0.05, 0) is 36.2 Å². The predicted octanol–water partition coefficient (Wildman–Crippen LogP) is 2.75. The maximum Gasteiger partial charge on any atom is 0.177 e. The van der Waals surface area contributed by atoms with E-state index in [2.05, 4.69) is 5.32 Å². The first kappa shape index (κ1) is 15.4. The number of anilines is 1. The van der Waals surface area contributed by atoms with Gasteiger partial charge in [0.25, 0.3) is 0 Å². The summed E-state index contributed by atoms with van der Waals surface area (Å²) in [5.41, 5.74) is 1.78. The van der Waals surface area contributed by atoms with Crippen molar-refractivity contribution in [2.24, 2.45) is 0 Å². The Morgan fingerprint density at radius 1 is 1.10 bits per heavy atom. The van der Waals surface area contributed by atoms with Crippen LogP contribution in [0.1, 0.15) is 5.56 Å². The lowest BCUT2D eigenvalue weighted by Gasteiger charge is -2.11. The van der Waals surface area contributed by atoms with Crippen molar-refractivity contribution in [3.63, 3.8) is 0 Å². The van der Waals surface area contributed by atoms with Gasteiger partial charge < -0.3 is 10.1 Å². The molecule has 0 spiro atoms. The minimum atomic E-state index is -3.22. The molecule has 0 radical (unpaired) electrons. The van der Waals surface area contributed by atoms with Crippen molar-refractivity contribution in [3.8, 4) is 5.75 Å². The second-order valence-corrected chi connectivity index (χ2v) is 6.78. The number of hydrogen-bond donors (Lipinski definition) is 1. The molecule has 0 saturated carbocycles. The summed E-state index contributed by atoms with van der Waals surface area (Å²) in [6, 6.07) is 14.8. The number of sulfone groups is 1. The number of ether oxygens (including phenoxy) is 1. The molecule has 2 aromatic rings. The third kappa shape index (κ3) is 4.23. The van der Waals surface area contributed by atoms with Gasteiger partial charge in [-0.15, -0.1) is 0 Å². The first-order chi connectivity index (χ1) is 10.0. The van der Waals surface area contributed by atoms with Crippen molar-refractivity contribution in [2.75, 3.05) is 25.2 Å². The minimum Gasteiger partial charge on any atom is -0.497 e. The van der Waals surface area contributed by atoms with Crippen LogP contribution in [0.15, 0.2) is 53.4 Å². The monoisotopic (exact) mass is 305 g/mol. The van der Waals surface area contributed by atoms with E-state index in [1.165, 1.54) is 6.26 Å². The Bertz CT molecular complexity index is 711. The average Bonchev–Trinajstić information content (AvgIpc) is 2.47. The molecule has 5 heteroatoms. The average molecular weight is 305 g/mol. The van der Waals surface area contributed by atoms with E-state index in [0.29, 0.717) is 17.1 Å². The van der Waals surface area contributed by atoms with Gasteiger partial charge in [0.15, 0.2) is 9.84 Å². The van der Waals surface area contributed by atoms with E-state index < -0.39 is 9.84 Å². The van der Waals surface area contributed by atoms with Crippen molar-refractivity contribution in [2.45, 2.75) is 11.3 Å². The number of rotatable bonds is 6. The third-order valence-corrected chi connectivity index (χ3v) is 4.30. The molecular weight excluding hydrogens is 286 g/mol. The van der Waals surface area contributed by atoms with E-state index >= 15 is 0 Å². The summed E-state index contributed by atoms with van der Waals surface area (Å²) in [5, 5.41) is 3.19. The fourth-order valence-corrected chi connectivity index (χ4v) is 2.97. The molecule has 2 aromatic carbocycles. The molecule has 112 valence electrons. The van der Waals surface area contributed by atoms with Crippen molar-refractivity contribution in [1.29, 1.82) is 0 Å². The normalized spacial score (nSPS) is 11.1. The Kier molecular flexibility index (Phi) is 4.85. The standard InChI is InChI=1S/C16H19NO3S/c1-20-14-7-5-6-13(12-14)10-11-17-15-8-3-4-9-16(15)21(2,18)19/h3-9,12,17H,10-11H2,1-2H3. The van der Waals surface area contributed by atoms with Crippen LogP contribution >= 0.6 is 0 Å². The summed E-state index contributed by atoms with van der Waals surface area (Å²) in [6.07, 6.45) is 2.00. The number of hydrogen-bond acceptors (Lipinski definition) is 4. The molecule has 0 aliphatic rings. The van der Waals surface area contributed by atoms with Crippen LogP contribution < -0.4 is 10.1 Å². The SMILES string of the molecule is COc1cccc(CCNc2ccccc2S(C)(=O)=O)c1. The Balaban J connectivity index is 2.04. The third-order valence-electron chi connectivity index (χ3n) is 3.15. The predicted molar refractivity (Wildman–Crippen MR) is 84.7 cm³/mol. The number of para-hydroxylation sites is 1. The van der Waals surface area contributed by atoms with Gasteiger partial charge in [-0.1, -0.05) is 24.3 Å². The fraction of sp³-hybridized carbons (Fsp3) is 0.250. The molecule has 21 heavy (non-hydrogen) atoms. The second-order valence-electron chi connectivity index (χ2n) is 4.80. The molecule has 0 saturated heterocycles. The fourth-order valence-electron chi connectivity index (χ4n) is 2.11. The first-order valence-corrected chi connectivity index (χ1v) is 8.56. The van der Waals surface area contributed by atoms with Gasteiger partial charge in [0.1, 0.15) is 5.75 Å². The van der Waals surface area contributed by atoms with Gasteiger partial charge in [0.05, 0.1) is 17.7 Å². The Hall–Kier alpha value is -2.01. The molecule has 0 amide bonds. The lowest BCUT2D eigenvalue weighted by molar-refractivity contribution is 0.414. The quantitative estimate of drug-likeness (QED) is 0.891. The van der Waals surface area contributed by atoms with E-state index in [1.807, 2.05) is 30.3 Å². The van der Waals surface area contributed by atoms with Crippen molar-refractivity contribution < 1.29 is 13.2 Å². The van der Waals surface area contributed by atoms with Gasteiger partial charge in [-0.2, -0.15) is 0 Å². The molecule has 0 unspecified atom stereocenters. The van der Waals surface area contributed by atoms with Crippen LogP contribution in [0.5, 0.6) is 5.75 Å². The van der Waals surface area contributed by atoms with Crippen molar-refractivity contribution in [1.82, 2.24) is 0 Å². The molecule has 0 atom stereocenters. The topological polar surface area (TPSA) is 55.4 Å². The zero-order chi connectivity index (χ0) is 15.3. The van der Waals surface area contributed by atoms with Crippen LogP contribution in [-0.4, -0.2) is 28.3 Å². The van der Waals surface area contributed by atoms with Crippen LogP contribution in [0.2, 0.25) is 0 Å². The number of nitrogens with one attached hydrogen (secondary N) is 1. The van der Waals surface area contributed by atoms with Crippen LogP contribution in [-0.2, 0) is 16.3 Å². The highest BCUT2D eigenvalue weighted by Crippen LogP contribution is 2.20. The Labute approximate surface area is 125 Å². The second kappa shape index (κ2) is 6.63. The minimum absolute atomic E-state index is 0.329. The lowest BCUT2D eigenvalue weighted by Crippen LogP contribution is -2.09. The zero-order valence-electron chi connectivity index (χ0n) is 12.2. The summed E-state index contributed by atoms with van der Waals surface area (Å²) in [6.45, 7) is 0.652. The molecule has 0 aliphatic heterocycles. The Morgan fingerprint density at radius 2 is 1.86 bits per heavy atom. The summed E-state index contributed by atoms with van der Waals surface area (Å²) < 4.78 is 28.6. The van der Waals surface area contributed by atoms with E-state index in [0.717, 1.165) is 17.7 Å². The van der Waals surface area contributed by atoms with Crippen LogP contribution in [0.4, 0.5) is 5.69 Å².